The molecule has 3 atom stereocenters. The molecule has 2 rings (SSSR count). The third-order valence-electron chi connectivity index (χ3n) is 3.47. The van der Waals surface area contributed by atoms with Gasteiger partial charge in [0.2, 0.25) is 5.91 Å². The van der Waals surface area contributed by atoms with E-state index in [1.54, 1.807) is 26.2 Å². The second-order valence-corrected chi connectivity index (χ2v) is 4.59. The van der Waals surface area contributed by atoms with Crippen LogP contribution in [0.15, 0.2) is 6.33 Å². The number of methoxy groups -OCH3 is 2. The van der Waals surface area contributed by atoms with Gasteiger partial charge in [0.1, 0.15) is 25.1 Å². The van der Waals surface area contributed by atoms with Gasteiger partial charge < -0.3 is 19.1 Å². The van der Waals surface area contributed by atoms with E-state index < -0.39 is 0 Å². The first-order valence-corrected chi connectivity index (χ1v) is 6.27. The van der Waals surface area contributed by atoms with Crippen LogP contribution in [-0.4, -0.2) is 83.7 Å². The lowest BCUT2D eigenvalue weighted by Crippen LogP contribution is -2.58. The molecule has 9 nitrogen and oxygen atoms in total. The summed E-state index contributed by atoms with van der Waals surface area (Å²) in [6.45, 7) is 0.949. The molecule has 20 heavy (non-hydrogen) atoms. The van der Waals surface area contributed by atoms with Gasteiger partial charge in [-0.2, -0.15) is 0 Å². The molecule has 9 heteroatoms. The summed E-state index contributed by atoms with van der Waals surface area (Å²) in [6.07, 6.45) is 0.980. The number of rotatable bonds is 5. The molecule has 1 amide bonds. The number of likely N-dealkylation sites (N-methyl/N-ethyl adjacent to an activating group) is 1. The highest BCUT2D eigenvalue weighted by atomic mass is 16.6. The normalized spacial score (nSPS) is 26.4. The van der Waals surface area contributed by atoms with Gasteiger partial charge in [0, 0.05) is 21.3 Å². The Morgan fingerprint density at radius 2 is 2.25 bits per heavy atom. The molecular formula is C11H19N5O4. The average Bonchev–Trinajstić information content (AvgIpc) is 2.98. The first-order valence-electron chi connectivity index (χ1n) is 6.27. The van der Waals surface area contributed by atoms with E-state index in [4.69, 9.17) is 14.2 Å². The lowest BCUT2D eigenvalue weighted by molar-refractivity contribution is -0.165. The smallest absolute Gasteiger partial charge is 0.244 e. The van der Waals surface area contributed by atoms with Gasteiger partial charge in [-0.25, -0.2) is 4.68 Å². The van der Waals surface area contributed by atoms with Crippen LogP contribution >= 0.6 is 0 Å². The monoisotopic (exact) mass is 285 g/mol. The zero-order chi connectivity index (χ0) is 14.5. The summed E-state index contributed by atoms with van der Waals surface area (Å²) in [5.74, 6) is -0.121. The Labute approximate surface area is 116 Å². The molecule has 0 saturated carbocycles. The van der Waals surface area contributed by atoms with Crippen LogP contribution in [0.5, 0.6) is 0 Å². The predicted molar refractivity (Wildman–Crippen MR) is 66.8 cm³/mol. The number of tetrazole rings is 1. The summed E-state index contributed by atoms with van der Waals surface area (Å²) in [6, 6.07) is -0.206. The Kier molecular flexibility index (Phi) is 4.99. The van der Waals surface area contributed by atoms with E-state index in [0.717, 1.165) is 0 Å². The van der Waals surface area contributed by atoms with Gasteiger partial charge in [-0.15, -0.1) is 5.10 Å². The third-order valence-corrected chi connectivity index (χ3v) is 3.47. The van der Waals surface area contributed by atoms with E-state index in [2.05, 4.69) is 15.5 Å². The molecular weight excluding hydrogens is 266 g/mol. The van der Waals surface area contributed by atoms with Gasteiger partial charge in [0.15, 0.2) is 0 Å². The fourth-order valence-electron chi connectivity index (χ4n) is 2.27. The minimum Gasteiger partial charge on any atom is -0.376 e. The molecule has 0 aliphatic carbocycles. The lowest BCUT2D eigenvalue weighted by Gasteiger charge is -2.40. The Morgan fingerprint density at radius 1 is 1.45 bits per heavy atom. The summed E-state index contributed by atoms with van der Waals surface area (Å²) in [4.78, 5) is 13.8. The molecule has 1 saturated heterocycles. The fraction of sp³-hybridized carbons (Fsp3) is 0.818. The van der Waals surface area contributed by atoms with Crippen LogP contribution in [0.2, 0.25) is 0 Å². The Morgan fingerprint density at radius 3 is 2.85 bits per heavy atom. The van der Waals surface area contributed by atoms with Crippen LogP contribution in [0, 0.1) is 0 Å². The quantitative estimate of drug-likeness (QED) is 0.654. The van der Waals surface area contributed by atoms with Gasteiger partial charge in [-0.1, -0.05) is 0 Å². The van der Waals surface area contributed by atoms with Crippen molar-refractivity contribution in [3.63, 3.8) is 0 Å². The molecule has 0 N–H and O–H groups in total. The largest absolute Gasteiger partial charge is 0.376 e. The van der Waals surface area contributed by atoms with Crippen molar-refractivity contribution >= 4 is 5.91 Å². The number of amides is 1. The van der Waals surface area contributed by atoms with E-state index >= 15 is 0 Å². The Hall–Kier alpha value is -1.58. The third kappa shape index (κ3) is 3.11. The second-order valence-electron chi connectivity index (χ2n) is 4.59. The van der Waals surface area contributed by atoms with E-state index in [1.807, 2.05) is 0 Å². The Bertz CT molecular complexity index is 426. The minimum absolute atomic E-state index is 0.0775. The van der Waals surface area contributed by atoms with Crippen molar-refractivity contribution < 1.29 is 19.0 Å². The number of hydrogen-bond donors (Lipinski definition) is 0. The van der Waals surface area contributed by atoms with Crippen molar-refractivity contribution in [2.75, 3.05) is 34.5 Å². The van der Waals surface area contributed by atoms with E-state index in [-0.39, 0.29) is 30.7 Å². The topological polar surface area (TPSA) is 91.6 Å². The van der Waals surface area contributed by atoms with Crippen molar-refractivity contribution in [2.45, 2.75) is 24.8 Å². The van der Waals surface area contributed by atoms with E-state index in [0.29, 0.717) is 13.2 Å². The Balaban J connectivity index is 2.02. The van der Waals surface area contributed by atoms with Crippen molar-refractivity contribution in [1.29, 1.82) is 0 Å². The van der Waals surface area contributed by atoms with Crippen molar-refractivity contribution in [1.82, 2.24) is 25.1 Å². The van der Waals surface area contributed by atoms with E-state index in [9.17, 15) is 4.79 Å². The number of aromatic nitrogens is 4. The molecule has 1 fully saturated rings. The summed E-state index contributed by atoms with van der Waals surface area (Å²) >= 11 is 0. The van der Waals surface area contributed by atoms with Crippen LogP contribution in [0.25, 0.3) is 0 Å². The average molecular weight is 285 g/mol. The summed E-state index contributed by atoms with van der Waals surface area (Å²) < 4.78 is 17.7. The van der Waals surface area contributed by atoms with Crippen molar-refractivity contribution in [2.24, 2.45) is 0 Å². The number of ether oxygens (including phenoxy) is 3. The fourth-order valence-corrected chi connectivity index (χ4v) is 2.27. The lowest BCUT2D eigenvalue weighted by atomic mass is 10.0. The van der Waals surface area contributed by atoms with Crippen LogP contribution < -0.4 is 0 Å². The van der Waals surface area contributed by atoms with Crippen LogP contribution in [0.4, 0.5) is 0 Å². The van der Waals surface area contributed by atoms with Crippen LogP contribution in [0.3, 0.4) is 0 Å². The molecule has 1 aliphatic rings. The first kappa shape index (κ1) is 14.8. The van der Waals surface area contributed by atoms with Crippen molar-refractivity contribution in [3.05, 3.63) is 6.33 Å². The van der Waals surface area contributed by atoms with Crippen molar-refractivity contribution in [3.8, 4) is 0 Å². The molecule has 0 bridgehead atoms. The van der Waals surface area contributed by atoms with Gasteiger partial charge in [-0.3, -0.25) is 4.79 Å². The standard InChI is InChI=1S/C11H19N5O4/c1-15(10(17)4-16-7-12-13-14-16)8-5-20-6-9(18-2)11(8)19-3/h7-9,11H,4-6H2,1-3H3/t8-,9-,11+/m1/s1. The van der Waals surface area contributed by atoms with Gasteiger partial charge in [0.25, 0.3) is 0 Å². The number of carbonyl (C=O) groups excluding carboxylic acids is 1. The SMILES string of the molecule is CO[C@H]1[C@H](N(C)C(=O)Cn2cnnn2)COC[C@H]1OC. The molecule has 1 aliphatic heterocycles. The summed E-state index contributed by atoms with van der Waals surface area (Å²) in [5, 5.41) is 10.7. The predicted octanol–water partition coefficient (Wildman–Crippen LogP) is -1.44. The molecule has 0 spiro atoms. The number of carbonyl (C=O) groups is 1. The maximum atomic E-state index is 12.2. The zero-order valence-corrected chi connectivity index (χ0v) is 11.8. The first-order chi connectivity index (χ1) is 9.67. The molecule has 2 heterocycles. The van der Waals surface area contributed by atoms with E-state index in [1.165, 1.54) is 11.0 Å². The summed E-state index contributed by atoms with van der Waals surface area (Å²) in [7, 11) is 4.92. The zero-order valence-electron chi connectivity index (χ0n) is 11.8. The molecule has 0 unspecified atom stereocenters. The molecule has 1 aromatic rings. The molecule has 0 radical (unpaired) electrons. The van der Waals surface area contributed by atoms with Crippen LogP contribution in [0.1, 0.15) is 0 Å². The maximum Gasteiger partial charge on any atom is 0.244 e. The molecule has 112 valence electrons. The maximum absolute atomic E-state index is 12.2. The van der Waals surface area contributed by atoms with Crippen LogP contribution in [-0.2, 0) is 25.5 Å². The minimum atomic E-state index is -0.225. The highest BCUT2D eigenvalue weighted by Crippen LogP contribution is 2.19. The number of nitrogens with zero attached hydrogens (tertiary/aromatic N) is 5. The van der Waals surface area contributed by atoms with Gasteiger partial charge >= 0.3 is 0 Å². The van der Waals surface area contributed by atoms with Gasteiger partial charge in [0.05, 0.1) is 19.3 Å². The highest BCUT2D eigenvalue weighted by Gasteiger charge is 2.38. The summed E-state index contributed by atoms with van der Waals surface area (Å²) in [5.41, 5.74) is 0. The molecule has 0 aromatic carbocycles. The second kappa shape index (κ2) is 6.73. The highest BCUT2D eigenvalue weighted by molar-refractivity contribution is 5.76. The van der Waals surface area contributed by atoms with Gasteiger partial charge in [-0.05, 0) is 10.4 Å². The molecule has 1 aromatic heterocycles. The number of hydrogen-bond acceptors (Lipinski definition) is 7.